The van der Waals surface area contributed by atoms with Crippen LogP contribution >= 0.6 is 23.9 Å². The summed E-state index contributed by atoms with van der Waals surface area (Å²) in [6.45, 7) is 18.9. The van der Waals surface area contributed by atoms with Gasteiger partial charge >= 0.3 is 0 Å². The van der Waals surface area contributed by atoms with Gasteiger partial charge in [0.2, 0.25) is 16.3 Å². The van der Waals surface area contributed by atoms with E-state index in [9.17, 15) is 0 Å². The van der Waals surface area contributed by atoms with Crippen molar-refractivity contribution in [3.05, 3.63) is 0 Å². The Morgan fingerprint density at radius 1 is 0.609 bits per heavy atom. The summed E-state index contributed by atoms with van der Waals surface area (Å²) < 4.78 is 6.67. The lowest BCUT2D eigenvalue weighted by Crippen LogP contribution is -2.31. The van der Waals surface area contributed by atoms with Crippen molar-refractivity contribution in [1.82, 2.24) is 24.4 Å². The maximum absolute atomic E-state index is 4.51. The Morgan fingerprint density at radius 3 is 1.30 bits per heavy atom. The van der Waals surface area contributed by atoms with Crippen LogP contribution in [0.2, 0.25) is 0 Å². The summed E-state index contributed by atoms with van der Waals surface area (Å²) in [7, 11) is 0. The van der Waals surface area contributed by atoms with Crippen LogP contribution in [0.25, 0.3) is 0 Å². The van der Waals surface area contributed by atoms with E-state index < -0.39 is 0 Å². The quantitative estimate of drug-likeness (QED) is 0.685. The largest absolute Gasteiger partial charge is 0.349 e. The number of hydrogen-bond acceptors (Lipinski definition) is 8. The molecule has 0 fully saturated rings. The van der Waals surface area contributed by atoms with Crippen molar-refractivity contribution in [2.45, 2.75) is 89.2 Å². The first-order valence-corrected chi connectivity index (χ1v) is 9.29. The van der Waals surface area contributed by atoms with Gasteiger partial charge in [-0.3, -0.25) is 9.44 Å². The number of hydrogen-bond donors (Lipinski definition) is 3. The van der Waals surface area contributed by atoms with Crippen LogP contribution in [0.5, 0.6) is 0 Å². The topological polar surface area (TPSA) is 74.8 Å². The summed E-state index contributed by atoms with van der Waals surface area (Å²) in [6.07, 6.45) is 0. The zero-order valence-corrected chi connectivity index (χ0v) is 17.3. The minimum Gasteiger partial charge on any atom is -0.349 e. The molecule has 0 aliphatic carbocycles. The zero-order chi connectivity index (χ0) is 17.9. The van der Waals surface area contributed by atoms with Crippen molar-refractivity contribution < 1.29 is 0 Å². The fourth-order valence-corrected chi connectivity index (χ4v) is 2.60. The van der Waals surface area contributed by atoms with Crippen LogP contribution in [-0.2, 0) is 0 Å². The van der Waals surface area contributed by atoms with Crippen molar-refractivity contribution in [3.8, 4) is 0 Å². The summed E-state index contributed by atoms with van der Waals surface area (Å²) in [6, 6.07) is 0. The molecule has 0 atom stereocenters. The number of nitrogens with one attached hydrogen (secondary N) is 3. The van der Waals surface area contributed by atoms with Gasteiger partial charge in [-0.2, -0.15) is 15.0 Å². The average Bonchev–Trinajstić information content (AvgIpc) is 2.30. The van der Waals surface area contributed by atoms with E-state index in [0.717, 1.165) is 0 Å². The summed E-state index contributed by atoms with van der Waals surface area (Å²) in [4.78, 5) is 13.5. The van der Waals surface area contributed by atoms with E-state index in [-0.39, 0.29) is 16.6 Å². The van der Waals surface area contributed by atoms with E-state index >= 15 is 0 Å². The molecule has 8 heteroatoms. The number of anilines is 1. The van der Waals surface area contributed by atoms with Gasteiger partial charge in [0, 0.05) is 16.6 Å². The molecule has 1 rings (SSSR count). The standard InChI is InChI=1S/C15H30N6S2/c1-13(2,3)19-10-16-11(22-20-14(4,5)6)18-12(17-10)23-21-15(7,8)9/h20-21H,1-9H3,(H,16,17,18,19). The second-order valence-electron chi connectivity index (χ2n) is 8.51. The second kappa shape index (κ2) is 7.55. The first kappa shape index (κ1) is 20.5. The van der Waals surface area contributed by atoms with E-state index in [1.807, 2.05) is 0 Å². The van der Waals surface area contributed by atoms with Gasteiger partial charge in [-0.1, -0.05) is 0 Å². The van der Waals surface area contributed by atoms with Gasteiger partial charge in [-0.25, -0.2) is 0 Å². The fraction of sp³-hybridized carbons (Fsp3) is 0.800. The normalized spacial score (nSPS) is 13.3. The lowest BCUT2D eigenvalue weighted by atomic mass is 10.1. The van der Waals surface area contributed by atoms with Crippen LogP contribution in [0, 0.1) is 0 Å². The third-order valence-electron chi connectivity index (χ3n) is 1.98. The molecular formula is C15H30N6S2. The Labute approximate surface area is 149 Å². The van der Waals surface area contributed by atoms with E-state index in [1.54, 1.807) is 0 Å². The van der Waals surface area contributed by atoms with Gasteiger partial charge in [0.15, 0.2) is 0 Å². The number of aromatic nitrogens is 3. The molecule has 1 aromatic rings. The predicted molar refractivity (Wildman–Crippen MR) is 101 cm³/mol. The smallest absolute Gasteiger partial charge is 0.228 e. The number of rotatable bonds is 5. The fourth-order valence-electron chi connectivity index (χ4n) is 1.22. The monoisotopic (exact) mass is 358 g/mol. The highest BCUT2D eigenvalue weighted by molar-refractivity contribution is 7.97. The van der Waals surface area contributed by atoms with Crippen molar-refractivity contribution in [2.75, 3.05) is 5.32 Å². The molecule has 23 heavy (non-hydrogen) atoms. The summed E-state index contributed by atoms with van der Waals surface area (Å²) in [5.74, 6) is 0.587. The first-order chi connectivity index (χ1) is 10.2. The van der Waals surface area contributed by atoms with Crippen LogP contribution in [0.1, 0.15) is 62.3 Å². The minimum atomic E-state index is -0.111. The van der Waals surface area contributed by atoms with Gasteiger partial charge in [-0.15, -0.1) is 0 Å². The molecule has 0 aliphatic heterocycles. The Morgan fingerprint density at radius 2 is 1.00 bits per heavy atom. The van der Waals surface area contributed by atoms with E-state index in [1.165, 1.54) is 23.9 Å². The van der Waals surface area contributed by atoms with Gasteiger partial charge in [0.25, 0.3) is 0 Å². The molecule has 3 N–H and O–H groups in total. The molecule has 0 bridgehead atoms. The van der Waals surface area contributed by atoms with Gasteiger partial charge in [-0.05, 0) is 86.2 Å². The molecule has 0 aliphatic rings. The predicted octanol–water partition coefficient (Wildman–Crippen LogP) is 3.87. The van der Waals surface area contributed by atoms with Crippen LogP contribution in [0.15, 0.2) is 10.3 Å². The zero-order valence-electron chi connectivity index (χ0n) is 15.7. The molecule has 0 spiro atoms. The van der Waals surface area contributed by atoms with E-state index in [4.69, 9.17) is 0 Å². The summed E-state index contributed by atoms with van der Waals surface area (Å²) >= 11 is 2.84. The van der Waals surface area contributed by atoms with E-state index in [0.29, 0.717) is 16.3 Å². The maximum Gasteiger partial charge on any atom is 0.228 e. The first-order valence-electron chi connectivity index (χ1n) is 7.66. The molecule has 1 aromatic heterocycles. The van der Waals surface area contributed by atoms with Gasteiger partial charge < -0.3 is 5.32 Å². The second-order valence-corrected chi connectivity index (χ2v) is 10.1. The summed E-state index contributed by atoms with van der Waals surface area (Å²) in [5, 5.41) is 4.62. The summed E-state index contributed by atoms with van der Waals surface area (Å²) in [5.41, 5.74) is -0.155. The molecular weight excluding hydrogens is 328 g/mol. The maximum atomic E-state index is 4.51. The lowest BCUT2D eigenvalue weighted by molar-refractivity contribution is 0.532. The SMILES string of the molecule is CC(C)(C)NSc1nc(NC(C)(C)C)nc(SNC(C)(C)C)n1. The Bertz CT molecular complexity index is 478. The molecule has 0 amide bonds. The molecule has 1 heterocycles. The van der Waals surface area contributed by atoms with Crippen LogP contribution in [0.3, 0.4) is 0 Å². The van der Waals surface area contributed by atoms with E-state index in [2.05, 4.69) is 92.0 Å². The lowest BCUT2D eigenvalue weighted by Gasteiger charge is -2.23. The van der Waals surface area contributed by atoms with Crippen molar-refractivity contribution in [1.29, 1.82) is 0 Å². The Kier molecular flexibility index (Phi) is 6.72. The molecule has 0 saturated carbocycles. The molecule has 0 unspecified atom stereocenters. The highest BCUT2D eigenvalue weighted by Crippen LogP contribution is 2.22. The third-order valence-corrected chi connectivity index (χ3v) is 4.14. The average molecular weight is 359 g/mol. The molecule has 0 saturated heterocycles. The highest BCUT2D eigenvalue weighted by atomic mass is 32.2. The Balaban J connectivity index is 2.97. The van der Waals surface area contributed by atoms with Gasteiger partial charge in [0.1, 0.15) is 0 Å². The van der Waals surface area contributed by atoms with Crippen LogP contribution in [0.4, 0.5) is 5.95 Å². The molecule has 132 valence electrons. The van der Waals surface area contributed by atoms with Crippen molar-refractivity contribution in [2.24, 2.45) is 0 Å². The Hall–Kier alpha value is -0.570. The van der Waals surface area contributed by atoms with Crippen LogP contribution < -0.4 is 14.8 Å². The minimum absolute atomic E-state index is 0.0219. The molecule has 0 aromatic carbocycles. The highest BCUT2D eigenvalue weighted by Gasteiger charge is 2.17. The van der Waals surface area contributed by atoms with Crippen molar-refractivity contribution >= 4 is 29.8 Å². The number of nitrogens with zero attached hydrogens (tertiary/aromatic N) is 3. The van der Waals surface area contributed by atoms with Crippen molar-refractivity contribution in [3.63, 3.8) is 0 Å². The van der Waals surface area contributed by atoms with Gasteiger partial charge in [0.05, 0.1) is 0 Å². The third kappa shape index (κ3) is 10.0. The molecule has 6 nitrogen and oxygen atoms in total. The molecule has 0 radical (unpaired) electrons. The van der Waals surface area contributed by atoms with Crippen LogP contribution in [-0.4, -0.2) is 31.6 Å².